The normalized spacial score (nSPS) is 11.1. The van der Waals surface area contributed by atoms with Gasteiger partial charge in [-0.2, -0.15) is 0 Å². The maximum absolute atomic E-state index is 13.8. The molecule has 6 nitrogen and oxygen atoms in total. The zero-order chi connectivity index (χ0) is 23.4. The maximum atomic E-state index is 13.8. The zero-order valence-electron chi connectivity index (χ0n) is 18.1. The molecule has 0 fully saturated rings. The number of para-hydroxylation sites is 1. The Morgan fingerprint density at radius 1 is 0.909 bits per heavy atom. The van der Waals surface area contributed by atoms with Crippen LogP contribution in [0.25, 0.3) is 11.1 Å². The van der Waals surface area contributed by atoms with Crippen molar-refractivity contribution in [3.63, 3.8) is 0 Å². The summed E-state index contributed by atoms with van der Waals surface area (Å²) in [6, 6.07) is 24.8. The van der Waals surface area contributed by atoms with E-state index in [1.165, 1.54) is 11.4 Å². The van der Waals surface area contributed by atoms with Crippen molar-refractivity contribution >= 4 is 38.6 Å². The van der Waals surface area contributed by atoms with Crippen molar-refractivity contribution in [2.45, 2.75) is 4.90 Å². The van der Waals surface area contributed by atoms with Crippen molar-refractivity contribution in [3.05, 3.63) is 95.2 Å². The van der Waals surface area contributed by atoms with Crippen molar-refractivity contribution in [1.82, 2.24) is 0 Å². The molecular formula is C25H22N2O4S2. The van der Waals surface area contributed by atoms with Crippen LogP contribution >= 0.6 is 11.3 Å². The fraction of sp³-hybridized carbons (Fsp3) is 0.0800. The van der Waals surface area contributed by atoms with Gasteiger partial charge in [0.05, 0.1) is 12.8 Å². The van der Waals surface area contributed by atoms with E-state index in [-0.39, 0.29) is 9.77 Å². The van der Waals surface area contributed by atoms with Gasteiger partial charge >= 0.3 is 0 Å². The van der Waals surface area contributed by atoms with Crippen molar-refractivity contribution < 1.29 is 17.9 Å². The molecular weight excluding hydrogens is 456 g/mol. The van der Waals surface area contributed by atoms with E-state index in [4.69, 9.17) is 4.74 Å². The number of hydrogen-bond acceptors (Lipinski definition) is 5. The average Bonchev–Trinajstić information content (AvgIpc) is 3.31. The SMILES string of the molecule is COc1ccc(NC(=O)c2scc(-c3ccccc3)c2S(=O)(=O)N(C)c2ccccc2)cc1. The first-order chi connectivity index (χ1) is 15.9. The predicted molar refractivity (Wildman–Crippen MR) is 133 cm³/mol. The average molecular weight is 479 g/mol. The number of benzene rings is 3. The summed E-state index contributed by atoms with van der Waals surface area (Å²) in [5.74, 6) is 0.163. The molecule has 0 aliphatic heterocycles. The van der Waals surface area contributed by atoms with E-state index in [9.17, 15) is 13.2 Å². The number of rotatable bonds is 7. The fourth-order valence-electron chi connectivity index (χ4n) is 3.35. The quantitative estimate of drug-likeness (QED) is 0.381. The number of nitrogens with one attached hydrogen (secondary N) is 1. The highest BCUT2D eigenvalue weighted by atomic mass is 32.2. The number of nitrogens with zero attached hydrogens (tertiary/aromatic N) is 1. The standard InChI is InChI=1S/C25H22N2O4S2/c1-27(20-11-7-4-8-12-20)33(29,30)24-22(18-9-5-3-6-10-18)17-32-23(24)25(28)26-19-13-15-21(31-2)16-14-19/h3-17H,1-2H3,(H,26,28). The van der Waals surface area contributed by atoms with E-state index in [1.807, 2.05) is 36.4 Å². The van der Waals surface area contributed by atoms with Crippen LogP contribution < -0.4 is 14.4 Å². The van der Waals surface area contributed by atoms with Crippen LogP contribution in [0.4, 0.5) is 11.4 Å². The van der Waals surface area contributed by atoms with E-state index in [0.717, 1.165) is 16.9 Å². The summed E-state index contributed by atoms with van der Waals surface area (Å²) in [6.07, 6.45) is 0. The number of hydrogen-bond donors (Lipinski definition) is 1. The number of anilines is 2. The van der Waals surface area contributed by atoms with Crippen LogP contribution in [0, 0.1) is 0 Å². The second kappa shape index (κ2) is 9.48. The molecule has 33 heavy (non-hydrogen) atoms. The van der Waals surface area contributed by atoms with Crippen LogP contribution in [-0.2, 0) is 10.0 Å². The minimum Gasteiger partial charge on any atom is -0.497 e. The molecule has 0 saturated heterocycles. The molecule has 0 aliphatic rings. The second-order valence-corrected chi connectivity index (χ2v) is 9.95. The molecule has 168 valence electrons. The summed E-state index contributed by atoms with van der Waals surface area (Å²) in [4.78, 5) is 13.3. The van der Waals surface area contributed by atoms with Crippen LogP contribution in [0.3, 0.4) is 0 Å². The van der Waals surface area contributed by atoms with Gasteiger partial charge in [0.15, 0.2) is 0 Å². The van der Waals surface area contributed by atoms with Crippen LogP contribution in [0.2, 0.25) is 0 Å². The molecule has 0 aliphatic carbocycles. The van der Waals surface area contributed by atoms with E-state index in [0.29, 0.717) is 22.7 Å². The fourth-order valence-corrected chi connectivity index (χ4v) is 6.21. The molecule has 1 amide bonds. The predicted octanol–water partition coefficient (Wildman–Crippen LogP) is 5.50. The van der Waals surface area contributed by atoms with E-state index >= 15 is 0 Å². The lowest BCUT2D eigenvalue weighted by atomic mass is 10.1. The lowest BCUT2D eigenvalue weighted by Crippen LogP contribution is -2.28. The molecule has 0 spiro atoms. The number of sulfonamides is 1. The Kier molecular flexibility index (Phi) is 6.48. The summed E-state index contributed by atoms with van der Waals surface area (Å²) in [6.45, 7) is 0. The van der Waals surface area contributed by atoms with Gasteiger partial charge in [-0.05, 0) is 42.0 Å². The smallest absolute Gasteiger partial charge is 0.267 e. The molecule has 4 rings (SSSR count). The second-order valence-electron chi connectivity index (χ2n) is 7.16. The summed E-state index contributed by atoms with van der Waals surface area (Å²) in [5.41, 5.74) is 2.25. The third kappa shape index (κ3) is 4.62. The van der Waals surface area contributed by atoms with Gasteiger partial charge in [0, 0.05) is 23.7 Å². The highest BCUT2D eigenvalue weighted by Crippen LogP contribution is 2.38. The molecule has 0 bridgehead atoms. The van der Waals surface area contributed by atoms with Crippen LogP contribution in [0.5, 0.6) is 5.75 Å². The van der Waals surface area contributed by atoms with Gasteiger partial charge in [-0.15, -0.1) is 11.3 Å². The first-order valence-corrected chi connectivity index (χ1v) is 12.4. The highest BCUT2D eigenvalue weighted by molar-refractivity contribution is 7.93. The van der Waals surface area contributed by atoms with Gasteiger partial charge in [0.1, 0.15) is 15.5 Å². The largest absolute Gasteiger partial charge is 0.497 e. The molecule has 1 aromatic heterocycles. The minimum absolute atomic E-state index is 0.0175. The van der Waals surface area contributed by atoms with Crippen molar-refractivity contribution in [2.75, 3.05) is 23.8 Å². The van der Waals surface area contributed by atoms with Crippen LogP contribution in [0.15, 0.2) is 95.2 Å². The van der Waals surface area contributed by atoms with Gasteiger partial charge in [0.25, 0.3) is 15.9 Å². The Labute approximate surface area is 197 Å². The summed E-state index contributed by atoms with van der Waals surface area (Å²) in [7, 11) is -0.995. The zero-order valence-corrected chi connectivity index (χ0v) is 19.7. The first-order valence-electron chi connectivity index (χ1n) is 10.1. The molecule has 3 aromatic carbocycles. The number of carbonyl (C=O) groups is 1. The Bertz CT molecular complexity index is 1350. The van der Waals surface area contributed by atoms with Crippen LogP contribution in [-0.4, -0.2) is 28.5 Å². The van der Waals surface area contributed by atoms with Gasteiger partial charge < -0.3 is 10.1 Å². The maximum Gasteiger partial charge on any atom is 0.267 e. The Hall–Kier alpha value is -3.62. The first kappa shape index (κ1) is 22.6. The van der Waals surface area contributed by atoms with E-state index in [2.05, 4.69) is 5.32 Å². The number of carbonyl (C=O) groups excluding carboxylic acids is 1. The van der Waals surface area contributed by atoms with Gasteiger partial charge in [-0.3, -0.25) is 9.10 Å². The Morgan fingerprint density at radius 2 is 1.52 bits per heavy atom. The van der Waals surface area contributed by atoms with Crippen LogP contribution in [0.1, 0.15) is 9.67 Å². The monoisotopic (exact) mass is 478 g/mol. The van der Waals surface area contributed by atoms with Gasteiger partial charge in [-0.25, -0.2) is 8.42 Å². The van der Waals surface area contributed by atoms with Gasteiger partial charge in [-0.1, -0.05) is 48.5 Å². The molecule has 0 atom stereocenters. The van der Waals surface area contributed by atoms with Gasteiger partial charge in [0.2, 0.25) is 0 Å². The van der Waals surface area contributed by atoms with Crippen molar-refractivity contribution in [2.24, 2.45) is 0 Å². The topological polar surface area (TPSA) is 75.7 Å². The summed E-state index contributed by atoms with van der Waals surface area (Å²) in [5, 5.41) is 4.51. The molecule has 4 aromatic rings. The molecule has 0 saturated carbocycles. The molecule has 1 N–H and O–H groups in total. The number of ether oxygens (including phenoxy) is 1. The van der Waals surface area contributed by atoms with E-state index < -0.39 is 15.9 Å². The molecule has 1 heterocycles. The summed E-state index contributed by atoms with van der Waals surface area (Å²) < 4.78 is 33.9. The lowest BCUT2D eigenvalue weighted by molar-refractivity contribution is 0.102. The van der Waals surface area contributed by atoms with E-state index in [1.54, 1.807) is 61.0 Å². The summed E-state index contributed by atoms with van der Waals surface area (Å²) >= 11 is 1.10. The molecule has 0 radical (unpaired) electrons. The lowest BCUT2D eigenvalue weighted by Gasteiger charge is -2.21. The minimum atomic E-state index is -4.04. The Balaban J connectivity index is 1.79. The van der Waals surface area contributed by atoms with Crippen molar-refractivity contribution in [1.29, 1.82) is 0 Å². The molecule has 0 unspecified atom stereocenters. The molecule has 8 heteroatoms. The number of thiophene rings is 1. The third-order valence-electron chi connectivity index (χ3n) is 5.12. The van der Waals surface area contributed by atoms with Crippen molar-refractivity contribution in [3.8, 4) is 16.9 Å². The number of methoxy groups -OCH3 is 1. The number of amides is 1. The highest BCUT2D eigenvalue weighted by Gasteiger charge is 2.32. The third-order valence-corrected chi connectivity index (χ3v) is 8.10. The Morgan fingerprint density at radius 3 is 2.12 bits per heavy atom.